The van der Waals surface area contributed by atoms with Crippen LogP contribution >= 0.6 is 0 Å². The molecule has 2 aliphatic heterocycles. The van der Waals surface area contributed by atoms with Gasteiger partial charge >= 0.3 is 0 Å². The van der Waals surface area contributed by atoms with Crippen LogP contribution in [0.25, 0.3) is 0 Å². The van der Waals surface area contributed by atoms with Gasteiger partial charge in [0.2, 0.25) is 0 Å². The fraction of sp³-hybridized carbons (Fsp3) is 0.500. The van der Waals surface area contributed by atoms with Crippen LogP contribution in [0.15, 0.2) is 40.2 Å². The highest BCUT2D eigenvalue weighted by molar-refractivity contribution is 7.92. The molecular weight excluding hydrogens is 278 g/mol. The first-order valence-corrected chi connectivity index (χ1v) is 8.19. The van der Waals surface area contributed by atoms with E-state index in [-0.39, 0.29) is 18.0 Å². The fourth-order valence-corrected chi connectivity index (χ4v) is 3.97. The third-order valence-electron chi connectivity index (χ3n) is 3.43. The lowest BCUT2D eigenvalue weighted by molar-refractivity contribution is -0.141. The molecule has 0 bridgehead atoms. The molecule has 0 aromatic heterocycles. The molecule has 1 fully saturated rings. The second kappa shape index (κ2) is 4.65. The van der Waals surface area contributed by atoms with E-state index in [4.69, 9.17) is 9.47 Å². The zero-order valence-electron chi connectivity index (χ0n) is 11.4. The summed E-state index contributed by atoms with van der Waals surface area (Å²) in [6, 6.07) is 8.41. The molecule has 0 aliphatic carbocycles. The summed E-state index contributed by atoms with van der Waals surface area (Å²) in [4.78, 5) is 4.59. The van der Waals surface area contributed by atoms with E-state index >= 15 is 0 Å². The normalized spacial score (nSPS) is 28.2. The van der Waals surface area contributed by atoms with Crippen molar-refractivity contribution < 1.29 is 17.9 Å². The van der Waals surface area contributed by atoms with Crippen LogP contribution in [0.4, 0.5) is 0 Å². The number of hydrogen-bond donors (Lipinski definition) is 0. The van der Waals surface area contributed by atoms with Gasteiger partial charge < -0.3 is 9.47 Å². The minimum absolute atomic E-state index is 0.113. The smallest absolute Gasteiger partial charge is 0.183 e. The van der Waals surface area contributed by atoms with E-state index in [1.807, 2.05) is 13.8 Å². The van der Waals surface area contributed by atoms with Crippen LogP contribution in [0.3, 0.4) is 0 Å². The number of ether oxygens (including phenoxy) is 2. The van der Waals surface area contributed by atoms with Crippen LogP contribution in [-0.2, 0) is 19.3 Å². The first-order valence-electron chi connectivity index (χ1n) is 6.54. The van der Waals surface area contributed by atoms with Crippen LogP contribution < -0.4 is 0 Å². The Morgan fingerprint density at radius 3 is 2.65 bits per heavy atom. The molecule has 1 saturated heterocycles. The van der Waals surface area contributed by atoms with Crippen LogP contribution in [-0.4, -0.2) is 44.4 Å². The summed E-state index contributed by atoms with van der Waals surface area (Å²) in [5.41, 5.74) is 0.560. The largest absolute Gasteiger partial charge is 0.342 e. The number of rotatable bonds is 3. The van der Waals surface area contributed by atoms with E-state index in [0.717, 1.165) is 0 Å². The van der Waals surface area contributed by atoms with Gasteiger partial charge in [0, 0.05) is 0 Å². The monoisotopic (exact) mass is 295 g/mol. The van der Waals surface area contributed by atoms with Crippen molar-refractivity contribution in [1.82, 2.24) is 0 Å². The molecule has 3 rings (SSSR count). The number of aliphatic imine (C=N–C) groups is 1. The SMILES string of the molecule is CC1(C)O[C@@H]2CN=C(CS(=O)(=O)c3ccccc3)[C@@H]2O1. The highest BCUT2D eigenvalue weighted by Gasteiger charge is 2.47. The Morgan fingerprint density at radius 1 is 1.25 bits per heavy atom. The summed E-state index contributed by atoms with van der Waals surface area (Å²) in [7, 11) is -3.39. The Bertz CT molecular complexity index is 636. The average Bonchev–Trinajstić information content (AvgIpc) is 2.87. The molecule has 2 heterocycles. The molecule has 2 aliphatic rings. The van der Waals surface area contributed by atoms with Crippen molar-refractivity contribution in [3.8, 4) is 0 Å². The van der Waals surface area contributed by atoms with Crippen LogP contribution in [0.1, 0.15) is 13.8 Å². The molecule has 1 aromatic rings. The number of benzene rings is 1. The van der Waals surface area contributed by atoms with Gasteiger partial charge in [-0.2, -0.15) is 0 Å². The van der Waals surface area contributed by atoms with Crippen molar-refractivity contribution in [1.29, 1.82) is 0 Å². The van der Waals surface area contributed by atoms with E-state index in [2.05, 4.69) is 4.99 Å². The summed E-state index contributed by atoms with van der Waals surface area (Å²) in [6.45, 7) is 4.12. The molecule has 0 amide bonds. The number of fused-ring (bicyclic) bond motifs is 1. The second-order valence-electron chi connectivity index (χ2n) is 5.50. The third kappa shape index (κ3) is 2.51. The molecule has 2 atom stereocenters. The molecule has 0 radical (unpaired) electrons. The Balaban J connectivity index is 1.80. The van der Waals surface area contributed by atoms with Gasteiger partial charge in [0.05, 0.1) is 22.9 Å². The van der Waals surface area contributed by atoms with E-state index in [1.54, 1.807) is 30.3 Å². The quantitative estimate of drug-likeness (QED) is 0.846. The Kier molecular flexibility index (Phi) is 3.19. The van der Waals surface area contributed by atoms with E-state index in [1.165, 1.54) is 0 Å². The molecular formula is C14H17NO4S. The van der Waals surface area contributed by atoms with Crippen molar-refractivity contribution in [2.24, 2.45) is 4.99 Å². The molecule has 20 heavy (non-hydrogen) atoms. The van der Waals surface area contributed by atoms with Gasteiger partial charge in [0.15, 0.2) is 15.6 Å². The van der Waals surface area contributed by atoms with Crippen LogP contribution in [0.5, 0.6) is 0 Å². The lowest BCUT2D eigenvalue weighted by Gasteiger charge is -2.18. The first-order chi connectivity index (χ1) is 9.37. The highest BCUT2D eigenvalue weighted by atomic mass is 32.2. The summed E-state index contributed by atoms with van der Waals surface area (Å²) >= 11 is 0. The van der Waals surface area contributed by atoms with Crippen molar-refractivity contribution in [2.45, 2.75) is 36.7 Å². The third-order valence-corrected chi connectivity index (χ3v) is 5.09. The molecule has 5 nitrogen and oxygen atoms in total. The Morgan fingerprint density at radius 2 is 1.95 bits per heavy atom. The minimum atomic E-state index is -3.39. The van der Waals surface area contributed by atoms with Crippen LogP contribution in [0, 0.1) is 0 Å². The van der Waals surface area contributed by atoms with Gasteiger partial charge in [-0.25, -0.2) is 8.42 Å². The Labute approximate surface area is 118 Å². The van der Waals surface area contributed by atoms with Gasteiger partial charge in [-0.05, 0) is 26.0 Å². The summed E-state index contributed by atoms with van der Waals surface area (Å²) in [6.07, 6.45) is -0.505. The minimum Gasteiger partial charge on any atom is -0.342 e. The average molecular weight is 295 g/mol. The predicted molar refractivity (Wildman–Crippen MR) is 74.6 cm³/mol. The molecule has 0 N–H and O–H groups in total. The molecule has 1 aromatic carbocycles. The number of hydrogen-bond acceptors (Lipinski definition) is 5. The van der Waals surface area contributed by atoms with E-state index < -0.39 is 15.6 Å². The zero-order chi connectivity index (χ0) is 14.4. The lowest BCUT2D eigenvalue weighted by atomic mass is 10.2. The molecule has 6 heteroatoms. The van der Waals surface area contributed by atoms with Crippen molar-refractivity contribution in [2.75, 3.05) is 12.3 Å². The van der Waals surface area contributed by atoms with Gasteiger partial charge in [-0.1, -0.05) is 18.2 Å². The van der Waals surface area contributed by atoms with Gasteiger partial charge in [0.25, 0.3) is 0 Å². The van der Waals surface area contributed by atoms with Crippen molar-refractivity contribution in [3.63, 3.8) is 0 Å². The topological polar surface area (TPSA) is 65.0 Å². The number of sulfone groups is 1. The standard InChI is InChI=1S/C14H17NO4S/c1-14(2)18-12-8-15-11(13(12)19-14)9-20(16,17)10-6-4-3-5-7-10/h3-7,12-13H,8-9H2,1-2H3/t12-,13+/m1/s1. The summed E-state index contributed by atoms with van der Waals surface area (Å²) < 4.78 is 36.2. The van der Waals surface area contributed by atoms with Crippen molar-refractivity contribution in [3.05, 3.63) is 30.3 Å². The molecule has 108 valence electrons. The van der Waals surface area contributed by atoms with Gasteiger partial charge in [-0.15, -0.1) is 0 Å². The summed E-state index contributed by atoms with van der Waals surface area (Å²) in [5.74, 6) is -0.787. The van der Waals surface area contributed by atoms with Gasteiger partial charge in [0.1, 0.15) is 12.2 Å². The molecule has 0 saturated carbocycles. The maximum absolute atomic E-state index is 12.4. The maximum atomic E-state index is 12.4. The fourth-order valence-electron chi connectivity index (χ4n) is 2.58. The highest BCUT2D eigenvalue weighted by Crippen LogP contribution is 2.32. The molecule has 0 spiro atoms. The van der Waals surface area contributed by atoms with Crippen molar-refractivity contribution >= 4 is 15.5 Å². The van der Waals surface area contributed by atoms with E-state index in [0.29, 0.717) is 17.2 Å². The second-order valence-corrected chi connectivity index (χ2v) is 7.49. The molecule has 0 unspecified atom stereocenters. The predicted octanol–water partition coefficient (Wildman–Crippen LogP) is 1.44. The van der Waals surface area contributed by atoms with Crippen LogP contribution in [0.2, 0.25) is 0 Å². The van der Waals surface area contributed by atoms with E-state index in [9.17, 15) is 8.42 Å². The first kappa shape index (κ1) is 13.7. The Hall–Kier alpha value is -1.24. The summed E-state index contributed by atoms with van der Waals surface area (Å²) in [5, 5.41) is 0. The maximum Gasteiger partial charge on any atom is 0.183 e. The lowest BCUT2D eigenvalue weighted by Crippen LogP contribution is -2.32. The van der Waals surface area contributed by atoms with Gasteiger partial charge in [-0.3, -0.25) is 4.99 Å². The number of nitrogens with zero attached hydrogens (tertiary/aromatic N) is 1. The zero-order valence-corrected chi connectivity index (χ0v) is 12.3.